The van der Waals surface area contributed by atoms with Crippen LogP contribution in [0.25, 0.3) is 0 Å². The Labute approximate surface area is 101 Å². The van der Waals surface area contributed by atoms with E-state index in [1.54, 1.807) is 0 Å². The van der Waals surface area contributed by atoms with Gasteiger partial charge in [0, 0.05) is 10.7 Å². The SMILES string of the molecule is Cc1cccc(OCCCS(=O)(=O)Cl)c1C. The molecule has 0 unspecified atom stereocenters. The first-order chi connectivity index (χ1) is 7.40. The quantitative estimate of drug-likeness (QED) is 0.605. The zero-order valence-electron chi connectivity index (χ0n) is 9.36. The lowest BCUT2D eigenvalue weighted by Crippen LogP contribution is -2.05. The Balaban J connectivity index is 2.47. The van der Waals surface area contributed by atoms with E-state index in [2.05, 4.69) is 0 Å². The number of rotatable bonds is 5. The molecule has 0 aliphatic carbocycles. The summed E-state index contributed by atoms with van der Waals surface area (Å²) in [4.78, 5) is 0. The van der Waals surface area contributed by atoms with Crippen molar-refractivity contribution in [1.82, 2.24) is 0 Å². The summed E-state index contributed by atoms with van der Waals surface area (Å²) in [5.41, 5.74) is 2.23. The van der Waals surface area contributed by atoms with Gasteiger partial charge in [0.1, 0.15) is 5.75 Å². The zero-order chi connectivity index (χ0) is 12.2. The minimum atomic E-state index is -3.40. The number of hydrogen-bond donors (Lipinski definition) is 0. The lowest BCUT2D eigenvalue weighted by Gasteiger charge is -2.10. The Morgan fingerprint density at radius 3 is 2.62 bits per heavy atom. The van der Waals surface area contributed by atoms with Crippen LogP contribution in [0, 0.1) is 13.8 Å². The van der Waals surface area contributed by atoms with Gasteiger partial charge < -0.3 is 4.74 Å². The van der Waals surface area contributed by atoms with Crippen LogP contribution in [0.3, 0.4) is 0 Å². The molecule has 1 aromatic rings. The maximum atomic E-state index is 10.7. The van der Waals surface area contributed by atoms with E-state index in [1.807, 2.05) is 32.0 Å². The molecule has 1 rings (SSSR count). The summed E-state index contributed by atoms with van der Waals surface area (Å²) >= 11 is 0. The highest BCUT2D eigenvalue weighted by molar-refractivity contribution is 8.13. The van der Waals surface area contributed by atoms with Gasteiger partial charge in [0.2, 0.25) is 9.05 Å². The summed E-state index contributed by atoms with van der Waals surface area (Å²) in [6.45, 7) is 4.34. The molecule has 0 radical (unpaired) electrons. The van der Waals surface area contributed by atoms with E-state index in [9.17, 15) is 8.42 Å². The van der Waals surface area contributed by atoms with Gasteiger partial charge in [-0.2, -0.15) is 0 Å². The van der Waals surface area contributed by atoms with Crippen LogP contribution in [0.4, 0.5) is 0 Å². The van der Waals surface area contributed by atoms with Gasteiger partial charge in [-0.25, -0.2) is 8.42 Å². The molecule has 1 aromatic carbocycles. The number of benzene rings is 1. The second-order valence-electron chi connectivity index (χ2n) is 3.64. The Morgan fingerprint density at radius 2 is 2.00 bits per heavy atom. The molecule has 0 fully saturated rings. The Morgan fingerprint density at radius 1 is 1.31 bits per heavy atom. The average Bonchev–Trinajstić information content (AvgIpc) is 2.17. The highest BCUT2D eigenvalue weighted by atomic mass is 35.7. The number of aryl methyl sites for hydroxylation is 1. The monoisotopic (exact) mass is 262 g/mol. The first-order valence-electron chi connectivity index (χ1n) is 5.01. The van der Waals surface area contributed by atoms with Crippen LogP contribution in [-0.4, -0.2) is 20.8 Å². The first kappa shape index (κ1) is 13.3. The molecule has 90 valence electrons. The van der Waals surface area contributed by atoms with Crippen molar-refractivity contribution in [2.24, 2.45) is 0 Å². The molecule has 3 nitrogen and oxygen atoms in total. The summed E-state index contributed by atoms with van der Waals surface area (Å²) in [6, 6.07) is 5.79. The maximum Gasteiger partial charge on any atom is 0.232 e. The van der Waals surface area contributed by atoms with Crippen molar-refractivity contribution in [2.75, 3.05) is 12.4 Å². The summed E-state index contributed by atoms with van der Waals surface area (Å²) < 4.78 is 26.8. The third-order valence-corrected chi connectivity index (χ3v) is 3.58. The van der Waals surface area contributed by atoms with E-state index >= 15 is 0 Å². The van der Waals surface area contributed by atoms with Gasteiger partial charge in [-0.1, -0.05) is 12.1 Å². The van der Waals surface area contributed by atoms with Gasteiger partial charge in [-0.05, 0) is 37.5 Å². The largest absolute Gasteiger partial charge is 0.493 e. The van der Waals surface area contributed by atoms with Crippen LogP contribution >= 0.6 is 10.7 Å². The van der Waals surface area contributed by atoms with Crippen molar-refractivity contribution in [3.63, 3.8) is 0 Å². The lowest BCUT2D eigenvalue weighted by molar-refractivity contribution is 0.315. The number of ether oxygens (including phenoxy) is 1. The smallest absolute Gasteiger partial charge is 0.232 e. The second kappa shape index (κ2) is 5.55. The second-order valence-corrected chi connectivity index (χ2v) is 6.54. The summed E-state index contributed by atoms with van der Waals surface area (Å²) in [7, 11) is 1.68. The van der Waals surface area contributed by atoms with E-state index in [0.29, 0.717) is 13.0 Å². The molecule has 5 heteroatoms. The number of hydrogen-bond acceptors (Lipinski definition) is 3. The molecule has 0 atom stereocenters. The van der Waals surface area contributed by atoms with Crippen molar-refractivity contribution >= 4 is 19.7 Å². The Bertz CT molecular complexity index is 454. The molecule has 0 saturated carbocycles. The fourth-order valence-electron chi connectivity index (χ4n) is 1.29. The summed E-state index contributed by atoms with van der Waals surface area (Å²) in [5.74, 6) is 0.742. The third kappa shape index (κ3) is 4.41. The molecule has 0 heterocycles. The molecule has 16 heavy (non-hydrogen) atoms. The predicted molar refractivity (Wildman–Crippen MR) is 65.7 cm³/mol. The highest BCUT2D eigenvalue weighted by Gasteiger charge is 2.05. The van der Waals surface area contributed by atoms with Gasteiger partial charge in [-0.15, -0.1) is 0 Å². The standard InChI is InChI=1S/C11H15ClO3S/c1-9-5-3-6-11(10(9)2)15-7-4-8-16(12,13)14/h3,5-6H,4,7-8H2,1-2H3. The lowest BCUT2D eigenvalue weighted by atomic mass is 10.1. The molecule has 0 aliphatic rings. The predicted octanol–water partition coefficient (Wildman–Crippen LogP) is 2.64. The van der Waals surface area contributed by atoms with Crippen LogP contribution < -0.4 is 4.74 Å². The van der Waals surface area contributed by atoms with Gasteiger partial charge in [0.15, 0.2) is 0 Å². The molecule has 0 bridgehead atoms. The topological polar surface area (TPSA) is 43.4 Å². The van der Waals surface area contributed by atoms with E-state index < -0.39 is 9.05 Å². The van der Waals surface area contributed by atoms with E-state index in [0.717, 1.165) is 16.9 Å². The van der Waals surface area contributed by atoms with Crippen LogP contribution in [0.5, 0.6) is 5.75 Å². The van der Waals surface area contributed by atoms with Crippen LogP contribution in [0.1, 0.15) is 17.5 Å². The normalized spacial score (nSPS) is 11.4. The molecular formula is C11H15ClO3S. The Hall–Kier alpha value is -0.740. The zero-order valence-corrected chi connectivity index (χ0v) is 10.9. The third-order valence-electron chi connectivity index (χ3n) is 2.34. The average molecular weight is 263 g/mol. The first-order valence-corrected chi connectivity index (χ1v) is 7.49. The van der Waals surface area contributed by atoms with Crippen LogP contribution in [0.2, 0.25) is 0 Å². The van der Waals surface area contributed by atoms with Crippen molar-refractivity contribution in [1.29, 1.82) is 0 Å². The van der Waals surface area contributed by atoms with Crippen LogP contribution in [0.15, 0.2) is 18.2 Å². The molecule has 0 aliphatic heterocycles. The van der Waals surface area contributed by atoms with Crippen molar-refractivity contribution in [3.8, 4) is 5.75 Å². The minimum absolute atomic E-state index is 0.0561. The van der Waals surface area contributed by atoms with Gasteiger partial charge >= 0.3 is 0 Å². The van der Waals surface area contributed by atoms with Crippen molar-refractivity contribution in [3.05, 3.63) is 29.3 Å². The molecule has 0 aromatic heterocycles. The van der Waals surface area contributed by atoms with E-state index in [1.165, 1.54) is 0 Å². The Kier molecular flexibility index (Phi) is 4.62. The van der Waals surface area contributed by atoms with Gasteiger partial charge in [-0.3, -0.25) is 0 Å². The van der Waals surface area contributed by atoms with Gasteiger partial charge in [0.25, 0.3) is 0 Å². The van der Waals surface area contributed by atoms with E-state index in [-0.39, 0.29) is 5.75 Å². The molecular weight excluding hydrogens is 248 g/mol. The maximum absolute atomic E-state index is 10.7. The number of halogens is 1. The molecule has 0 amide bonds. The summed E-state index contributed by atoms with van der Waals surface area (Å²) in [5, 5.41) is 0. The van der Waals surface area contributed by atoms with Gasteiger partial charge in [0.05, 0.1) is 12.4 Å². The molecule has 0 spiro atoms. The fraction of sp³-hybridized carbons (Fsp3) is 0.455. The minimum Gasteiger partial charge on any atom is -0.493 e. The fourth-order valence-corrected chi connectivity index (χ4v) is 2.08. The molecule has 0 N–H and O–H groups in total. The van der Waals surface area contributed by atoms with E-state index in [4.69, 9.17) is 15.4 Å². The highest BCUT2D eigenvalue weighted by Crippen LogP contribution is 2.20. The van der Waals surface area contributed by atoms with Crippen LogP contribution in [-0.2, 0) is 9.05 Å². The summed E-state index contributed by atoms with van der Waals surface area (Å²) in [6.07, 6.45) is 0.402. The molecule has 0 saturated heterocycles. The van der Waals surface area contributed by atoms with Crippen molar-refractivity contribution in [2.45, 2.75) is 20.3 Å². The van der Waals surface area contributed by atoms with Crippen molar-refractivity contribution < 1.29 is 13.2 Å².